The van der Waals surface area contributed by atoms with Crippen LogP contribution in [0.2, 0.25) is 10.2 Å². The van der Waals surface area contributed by atoms with Gasteiger partial charge >= 0.3 is 0 Å². The Bertz CT molecular complexity index is 723. The molecule has 0 saturated carbocycles. The number of aromatic nitrogens is 1. The Kier molecular flexibility index (Phi) is 6.43. The van der Waals surface area contributed by atoms with Crippen molar-refractivity contribution in [3.63, 3.8) is 0 Å². The van der Waals surface area contributed by atoms with Crippen LogP contribution >= 0.6 is 23.2 Å². The fourth-order valence-electron chi connectivity index (χ4n) is 2.30. The topological polar surface area (TPSA) is 54.5 Å². The number of benzene rings is 1. The lowest BCUT2D eigenvalue weighted by molar-refractivity contribution is 0.0937. The average molecular weight is 368 g/mol. The van der Waals surface area contributed by atoms with Gasteiger partial charge in [0.2, 0.25) is 0 Å². The molecule has 2 aromatic rings. The molecule has 1 heterocycles. The highest BCUT2D eigenvalue weighted by molar-refractivity contribution is 6.34. The van der Waals surface area contributed by atoms with Crippen LogP contribution in [0.1, 0.15) is 22.1 Å². The standard InChI is InChI=1S/C17H19Cl2N3O2/c1-22(2)14(11-5-4-6-12(9-11)24-3)10-20-17(23)16-13(18)7-8-15(19)21-16/h4-9,14H,10H2,1-3H3,(H,20,23). The summed E-state index contributed by atoms with van der Waals surface area (Å²) in [7, 11) is 5.51. The molecule has 0 spiro atoms. The van der Waals surface area contributed by atoms with Gasteiger partial charge < -0.3 is 15.0 Å². The Labute approximate surface area is 151 Å². The van der Waals surface area contributed by atoms with Crippen molar-refractivity contribution in [2.24, 2.45) is 0 Å². The number of halogens is 2. The number of pyridine rings is 1. The number of hydrogen-bond acceptors (Lipinski definition) is 4. The van der Waals surface area contributed by atoms with Crippen LogP contribution < -0.4 is 10.1 Å². The van der Waals surface area contributed by atoms with Crippen LogP contribution in [-0.2, 0) is 0 Å². The van der Waals surface area contributed by atoms with Crippen molar-refractivity contribution in [1.82, 2.24) is 15.2 Å². The molecule has 0 fully saturated rings. The molecule has 0 aliphatic heterocycles. The summed E-state index contributed by atoms with van der Waals surface area (Å²) in [6.07, 6.45) is 0. The molecular weight excluding hydrogens is 349 g/mol. The van der Waals surface area contributed by atoms with Crippen LogP contribution in [0.5, 0.6) is 5.75 Å². The fourth-order valence-corrected chi connectivity index (χ4v) is 2.64. The normalized spacial score (nSPS) is 12.1. The molecule has 1 atom stereocenters. The largest absolute Gasteiger partial charge is 0.497 e. The smallest absolute Gasteiger partial charge is 0.271 e. The third-order valence-electron chi connectivity index (χ3n) is 3.58. The molecule has 0 bridgehead atoms. The Balaban J connectivity index is 2.14. The van der Waals surface area contributed by atoms with Gasteiger partial charge in [0.15, 0.2) is 0 Å². The van der Waals surface area contributed by atoms with Gasteiger partial charge in [-0.05, 0) is 43.9 Å². The highest BCUT2D eigenvalue weighted by atomic mass is 35.5. The van der Waals surface area contributed by atoms with E-state index in [0.717, 1.165) is 11.3 Å². The zero-order chi connectivity index (χ0) is 17.7. The second-order valence-electron chi connectivity index (χ2n) is 5.43. The van der Waals surface area contributed by atoms with E-state index >= 15 is 0 Å². The summed E-state index contributed by atoms with van der Waals surface area (Å²) in [4.78, 5) is 18.3. The highest BCUT2D eigenvalue weighted by Gasteiger charge is 2.18. The maximum atomic E-state index is 12.3. The summed E-state index contributed by atoms with van der Waals surface area (Å²) in [6.45, 7) is 0.392. The lowest BCUT2D eigenvalue weighted by Crippen LogP contribution is -2.35. The van der Waals surface area contributed by atoms with E-state index in [1.807, 2.05) is 43.3 Å². The maximum absolute atomic E-state index is 12.3. The SMILES string of the molecule is COc1cccc(C(CNC(=O)c2nc(Cl)ccc2Cl)N(C)C)c1. The van der Waals surface area contributed by atoms with Crippen LogP contribution in [0.3, 0.4) is 0 Å². The van der Waals surface area contributed by atoms with E-state index < -0.39 is 0 Å². The number of ether oxygens (including phenoxy) is 1. The molecule has 5 nitrogen and oxygen atoms in total. The van der Waals surface area contributed by atoms with E-state index in [1.165, 1.54) is 0 Å². The van der Waals surface area contributed by atoms with E-state index in [9.17, 15) is 4.79 Å². The quantitative estimate of drug-likeness (QED) is 0.794. The minimum atomic E-state index is -0.364. The Hall–Kier alpha value is -1.82. The molecule has 1 N–H and O–H groups in total. The van der Waals surface area contributed by atoms with Gasteiger partial charge in [0, 0.05) is 6.54 Å². The Morgan fingerprint density at radius 3 is 2.71 bits per heavy atom. The number of methoxy groups -OCH3 is 1. The second-order valence-corrected chi connectivity index (χ2v) is 6.22. The van der Waals surface area contributed by atoms with Gasteiger partial charge in [-0.1, -0.05) is 35.3 Å². The van der Waals surface area contributed by atoms with Gasteiger partial charge in [0.05, 0.1) is 18.2 Å². The number of rotatable bonds is 6. The minimum absolute atomic E-state index is 0.0259. The zero-order valence-electron chi connectivity index (χ0n) is 13.7. The van der Waals surface area contributed by atoms with Crippen LogP contribution in [-0.4, -0.2) is 43.5 Å². The first-order valence-electron chi connectivity index (χ1n) is 7.33. The fraction of sp³-hybridized carbons (Fsp3) is 0.294. The number of carbonyl (C=O) groups excluding carboxylic acids is 1. The van der Waals surface area contributed by atoms with Gasteiger partial charge in [0.25, 0.3) is 5.91 Å². The van der Waals surface area contributed by atoms with Crippen LogP contribution in [0.4, 0.5) is 0 Å². The monoisotopic (exact) mass is 367 g/mol. The molecule has 0 aliphatic carbocycles. The summed E-state index contributed by atoms with van der Waals surface area (Å²) in [5.74, 6) is 0.405. The first-order valence-corrected chi connectivity index (χ1v) is 8.08. The molecule has 1 aromatic heterocycles. The molecule has 0 aliphatic rings. The summed E-state index contributed by atoms with van der Waals surface area (Å²) in [5, 5.41) is 3.34. The molecule has 128 valence electrons. The van der Waals surface area contributed by atoms with Crippen molar-refractivity contribution in [1.29, 1.82) is 0 Å². The van der Waals surface area contributed by atoms with Crippen molar-refractivity contribution in [2.45, 2.75) is 6.04 Å². The number of likely N-dealkylation sites (N-methyl/N-ethyl adjacent to an activating group) is 1. The van der Waals surface area contributed by atoms with Gasteiger partial charge in [-0.15, -0.1) is 0 Å². The van der Waals surface area contributed by atoms with E-state index in [0.29, 0.717) is 6.54 Å². The van der Waals surface area contributed by atoms with Gasteiger partial charge in [0.1, 0.15) is 16.6 Å². The van der Waals surface area contributed by atoms with Crippen LogP contribution in [0.25, 0.3) is 0 Å². The molecule has 0 radical (unpaired) electrons. The molecular formula is C17H19Cl2N3O2. The van der Waals surface area contributed by atoms with E-state index in [-0.39, 0.29) is 27.8 Å². The van der Waals surface area contributed by atoms with Crippen molar-refractivity contribution in [3.8, 4) is 5.75 Å². The predicted molar refractivity (Wildman–Crippen MR) is 96.0 cm³/mol. The lowest BCUT2D eigenvalue weighted by Gasteiger charge is -2.25. The highest BCUT2D eigenvalue weighted by Crippen LogP contribution is 2.22. The van der Waals surface area contributed by atoms with Crippen molar-refractivity contribution >= 4 is 29.1 Å². The molecule has 0 saturated heterocycles. The summed E-state index contributed by atoms with van der Waals surface area (Å²) < 4.78 is 5.26. The lowest BCUT2D eigenvalue weighted by atomic mass is 10.1. The van der Waals surface area contributed by atoms with Crippen LogP contribution in [0.15, 0.2) is 36.4 Å². The maximum Gasteiger partial charge on any atom is 0.271 e. The number of carbonyl (C=O) groups is 1. The van der Waals surface area contributed by atoms with Gasteiger partial charge in [-0.25, -0.2) is 4.98 Å². The molecule has 7 heteroatoms. The Morgan fingerprint density at radius 2 is 2.04 bits per heavy atom. The summed E-state index contributed by atoms with van der Waals surface area (Å²) in [5.41, 5.74) is 1.15. The molecule has 24 heavy (non-hydrogen) atoms. The first-order chi connectivity index (χ1) is 11.4. The Morgan fingerprint density at radius 1 is 1.29 bits per heavy atom. The summed E-state index contributed by atoms with van der Waals surface area (Å²) >= 11 is 11.8. The van der Waals surface area contributed by atoms with Gasteiger partial charge in [-0.3, -0.25) is 4.79 Å². The average Bonchev–Trinajstić information content (AvgIpc) is 2.57. The van der Waals surface area contributed by atoms with Crippen LogP contribution in [0, 0.1) is 0 Å². The third-order valence-corrected chi connectivity index (χ3v) is 4.10. The number of nitrogens with one attached hydrogen (secondary N) is 1. The van der Waals surface area contributed by atoms with E-state index in [1.54, 1.807) is 19.2 Å². The molecule has 2 rings (SSSR count). The van der Waals surface area contributed by atoms with E-state index in [4.69, 9.17) is 27.9 Å². The van der Waals surface area contributed by atoms with Crippen molar-refractivity contribution in [3.05, 3.63) is 57.8 Å². The van der Waals surface area contributed by atoms with Gasteiger partial charge in [-0.2, -0.15) is 0 Å². The van der Waals surface area contributed by atoms with E-state index in [2.05, 4.69) is 10.3 Å². The minimum Gasteiger partial charge on any atom is -0.497 e. The first kappa shape index (κ1) is 18.5. The number of hydrogen-bond donors (Lipinski definition) is 1. The van der Waals surface area contributed by atoms with Crippen molar-refractivity contribution in [2.75, 3.05) is 27.7 Å². The molecule has 1 amide bonds. The zero-order valence-corrected chi connectivity index (χ0v) is 15.2. The third kappa shape index (κ3) is 4.60. The predicted octanol–water partition coefficient (Wildman–Crippen LogP) is 3.43. The number of nitrogens with zero attached hydrogens (tertiary/aromatic N) is 2. The van der Waals surface area contributed by atoms with Crippen molar-refractivity contribution < 1.29 is 9.53 Å². The second kappa shape index (κ2) is 8.33. The molecule has 1 unspecified atom stereocenters. The summed E-state index contributed by atoms with van der Waals surface area (Å²) in [6, 6.07) is 10.8. The molecule has 1 aromatic carbocycles. The number of amides is 1.